The summed E-state index contributed by atoms with van der Waals surface area (Å²) in [6.07, 6.45) is 1.67. The molecule has 0 aliphatic carbocycles. The zero-order valence-corrected chi connectivity index (χ0v) is 15.1. The summed E-state index contributed by atoms with van der Waals surface area (Å²) in [4.78, 5) is 12.3. The largest absolute Gasteiger partial charge is 0.344 e. The second kappa shape index (κ2) is 6.75. The summed E-state index contributed by atoms with van der Waals surface area (Å²) < 4.78 is 1.65. The number of carbonyl (C=O) groups is 1. The van der Waals surface area contributed by atoms with Gasteiger partial charge in [-0.25, -0.2) is 0 Å². The average molecular weight is 334 g/mol. The zero-order valence-electron chi connectivity index (χ0n) is 14.4. The summed E-state index contributed by atoms with van der Waals surface area (Å²) in [5.41, 5.74) is 2.71. The lowest BCUT2D eigenvalue weighted by atomic mass is 9.86. The molecule has 1 amide bonds. The van der Waals surface area contributed by atoms with Crippen LogP contribution in [0.25, 0.3) is 0 Å². The summed E-state index contributed by atoms with van der Waals surface area (Å²) in [7, 11) is 0. The summed E-state index contributed by atoms with van der Waals surface area (Å²) in [5, 5.41) is 7.52. The smallest absolute Gasteiger partial charge is 0.273 e. The molecule has 0 radical (unpaired) electrons. The molecular weight excluding hydrogens is 310 g/mol. The van der Waals surface area contributed by atoms with E-state index in [1.165, 1.54) is 5.56 Å². The first-order valence-corrected chi connectivity index (χ1v) is 8.24. The van der Waals surface area contributed by atoms with Gasteiger partial charge in [0, 0.05) is 12.7 Å². The Labute approximate surface area is 142 Å². The highest BCUT2D eigenvalue weighted by Gasteiger charge is 2.19. The highest BCUT2D eigenvalue weighted by atomic mass is 35.5. The van der Waals surface area contributed by atoms with E-state index in [9.17, 15) is 4.79 Å². The molecule has 0 aliphatic rings. The van der Waals surface area contributed by atoms with E-state index >= 15 is 0 Å². The molecule has 23 heavy (non-hydrogen) atoms. The summed E-state index contributed by atoms with van der Waals surface area (Å²) in [5.74, 6) is -0.255. The SMILES string of the molecule is CCn1cc(Cl)c(C(=O)NC(C)c2ccc(C(C)(C)C)cc2)n1. The Balaban J connectivity index is 2.10. The number of hydrogen-bond donors (Lipinski definition) is 1. The molecule has 1 N–H and O–H groups in total. The van der Waals surface area contributed by atoms with Gasteiger partial charge in [0.05, 0.1) is 11.1 Å². The fraction of sp³-hybridized carbons (Fsp3) is 0.444. The number of carbonyl (C=O) groups excluding carboxylic acids is 1. The van der Waals surface area contributed by atoms with E-state index < -0.39 is 0 Å². The van der Waals surface area contributed by atoms with Crippen molar-refractivity contribution in [2.45, 2.75) is 52.6 Å². The van der Waals surface area contributed by atoms with Crippen LogP contribution >= 0.6 is 11.6 Å². The lowest BCUT2D eigenvalue weighted by molar-refractivity contribution is 0.0934. The fourth-order valence-corrected chi connectivity index (χ4v) is 2.57. The van der Waals surface area contributed by atoms with Crippen molar-refractivity contribution < 1.29 is 4.79 Å². The lowest BCUT2D eigenvalue weighted by Gasteiger charge is -2.20. The van der Waals surface area contributed by atoms with Crippen LogP contribution in [0.2, 0.25) is 5.02 Å². The minimum absolute atomic E-state index is 0.112. The van der Waals surface area contributed by atoms with Gasteiger partial charge in [0.1, 0.15) is 0 Å². The third kappa shape index (κ3) is 4.14. The highest BCUT2D eigenvalue weighted by Crippen LogP contribution is 2.24. The Kier molecular flexibility index (Phi) is 5.15. The second-order valence-electron chi connectivity index (χ2n) is 6.75. The third-order valence-electron chi connectivity index (χ3n) is 3.88. The van der Waals surface area contributed by atoms with Gasteiger partial charge in [0.15, 0.2) is 5.69 Å². The van der Waals surface area contributed by atoms with Gasteiger partial charge in [-0.15, -0.1) is 0 Å². The van der Waals surface area contributed by atoms with Crippen molar-refractivity contribution >= 4 is 17.5 Å². The van der Waals surface area contributed by atoms with E-state index in [0.29, 0.717) is 11.6 Å². The predicted molar refractivity (Wildman–Crippen MR) is 93.9 cm³/mol. The number of amides is 1. The molecule has 0 spiro atoms. The Hall–Kier alpha value is -1.81. The second-order valence-corrected chi connectivity index (χ2v) is 7.16. The van der Waals surface area contributed by atoms with Crippen molar-refractivity contribution in [3.63, 3.8) is 0 Å². The summed E-state index contributed by atoms with van der Waals surface area (Å²) in [6, 6.07) is 8.21. The maximum absolute atomic E-state index is 12.3. The number of aryl methyl sites for hydroxylation is 1. The maximum atomic E-state index is 12.3. The van der Waals surface area contributed by atoms with E-state index in [2.05, 4.69) is 55.5 Å². The van der Waals surface area contributed by atoms with Crippen LogP contribution in [0.3, 0.4) is 0 Å². The van der Waals surface area contributed by atoms with E-state index in [-0.39, 0.29) is 23.1 Å². The van der Waals surface area contributed by atoms with E-state index in [1.54, 1.807) is 10.9 Å². The molecule has 1 heterocycles. The predicted octanol–water partition coefficient (Wildman–Crippen LogP) is 4.34. The highest BCUT2D eigenvalue weighted by molar-refractivity contribution is 6.33. The fourth-order valence-electron chi connectivity index (χ4n) is 2.33. The van der Waals surface area contributed by atoms with Crippen LogP contribution in [0.15, 0.2) is 30.5 Å². The summed E-state index contributed by atoms with van der Waals surface area (Å²) >= 11 is 6.07. The third-order valence-corrected chi connectivity index (χ3v) is 4.16. The van der Waals surface area contributed by atoms with Crippen molar-refractivity contribution in [1.82, 2.24) is 15.1 Å². The van der Waals surface area contributed by atoms with Gasteiger partial charge in [-0.1, -0.05) is 56.6 Å². The molecule has 2 aromatic rings. The molecule has 1 unspecified atom stereocenters. The van der Waals surface area contributed by atoms with Crippen molar-refractivity contribution in [1.29, 1.82) is 0 Å². The van der Waals surface area contributed by atoms with Crippen LogP contribution in [0.4, 0.5) is 0 Å². The normalized spacial score (nSPS) is 13.0. The molecule has 0 bridgehead atoms. The first-order chi connectivity index (χ1) is 10.7. The van der Waals surface area contributed by atoms with Crippen molar-refractivity contribution in [3.05, 3.63) is 52.3 Å². The number of nitrogens with one attached hydrogen (secondary N) is 1. The number of aromatic nitrogens is 2. The van der Waals surface area contributed by atoms with Crippen LogP contribution in [-0.4, -0.2) is 15.7 Å². The monoisotopic (exact) mass is 333 g/mol. The Bertz CT molecular complexity index is 683. The van der Waals surface area contributed by atoms with E-state index in [4.69, 9.17) is 11.6 Å². The number of nitrogens with zero attached hydrogens (tertiary/aromatic N) is 2. The molecule has 0 fully saturated rings. The van der Waals surface area contributed by atoms with Crippen molar-refractivity contribution in [2.24, 2.45) is 0 Å². The summed E-state index contributed by atoms with van der Waals surface area (Å²) in [6.45, 7) is 11.1. The van der Waals surface area contributed by atoms with Crippen LogP contribution in [0.1, 0.15) is 62.3 Å². The quantitative estimate of drug-likeness (QED) is 0.904. The van der Waals surface area contributed by atoms with Crippen LogP contribution < -0.4 is 5.32 Å². The van der Waals surface area contributed by atoms with Crippen molar-refractivity contribution in [3.8, 4) is 0 Å². The van der Waals surface area contributed by atoms with Gasteiger partial charge < -0.3 is 5.32 Å². The van der Waals surface area contributed by atoms with Gasteiger partial charge in [0.2, 0.25) is 0 Å². The van der Waals surface area contributed by atoms with Crippen molar-refractivity contribution in [2.75, 3.05) is 0 Å². The molecule has 124 valence electrons. The van der Waals surface area contributed by atoms with Crippen LogP contribution in [0, 0.1) is 0 Å². The minimum Gasteiger partial charge on any atom is -0.344 e. The first kappa shape index (κ1) is 17.5. The van der Waals surface area contributed by atoms with Gasteiger partial charge in [0.25, 0.3) is 5.91 Å². The van der Waals surface area contributed by atoms with Gasteiger partial charge in [-0.2, -0.15) is 5.10 Å². The molecule has 1 aromatic carbocycles. The maximum Gasteiger partial charge on any atom is 0.273 e. The van der Waals surface area contributed by atoms with Gasteiger partial charge in [-0.3, -0.25) is 9.48 Å². The Morgan fingerprint density at radius 1 is 1.30 bits per heavy atom. The number of halogens is 1. The molecule has 2 rings (SSSR count). The lowest BCUT2D eigenvalue weighted by Crippen LogP contribution is -2.27. The molecule has 4 nitrogen and oxygen atoms in total. The van der Waals surface area contributed by atoms with Gasteiger partial charge in [-0.05, 0) is 30.4 Å². The molecular formula is C18H24ClN3O. The molecule has 0 saturated heterocycles. The van der Waals surface area contributed by atoms with Gasteiger partial charge >= 0.3 is 0 Å². The van der Waals surface area contributed by atoms with Crippen LogP contribution in [-0.2, 0) is 12.0 Å². The van der Waals surface area contributed by atoms with E-state index in [0.717, 1.165) is 5.56 Å². The van der Waals surface area contributed by atoms with Crippen LogP contribution in [0.5, 0.6) is 0 Å². The molecule has 1 aromatic heterocycles. The molecule has 5 heteroatoms. The van der Waals surface area contributed by atoms with E-state index in [1.807, 2.05) is 13.8 Å². The molecule has 1 atom stereocenters. The number of rotatable bonds is 4. The zero-order chi connectivity index (χ0) is 17.2. The molecule has 0 aliphatic heterocycles. The Morgan fingerprint density at radius 3 is 2.39 bits per heavy atom. The standard InChI is InChI=1S/C18H24ClN3O/c1-6-22-11-15(19)16(21-22)17(23)20-12(2)13-7-9-14(10-8-13)18(3,4)5/h7-12H,6H2,1-5H3,(H,20,23). The number of hydrogen-bond acceptors (Lipinski definition) is 2. The number of benzene rings is 1. The average Bonchev–Trinajstić information content (AvgIpc) is 2.87. The topological polar surface area (TPSA) is 46.9 Å². The Morgan fingerprint density at radius 2 is 1.91 bits per heavy atom. The first-order valence-electron chi connectivity index (χ1n) is 7.86. The minimum atomic E-state index is -0.255. The molecule has 0 saturated carbocycles.